The van der Waals surface area contributed by atoms with Gasteiger partial charge in [0, 0.05) is 36.4 Å². The Morgan fingerprint density at radius 3 is 2.72 bits per heavy atom. The number of amides is 2. The molecule has 4 rings (SSSR count). The van der Waals surface area contributed by atoms with Crippen LogP contribution in [-0.4, -0.2) is 52.9 Å². The molecule has 1 fully saturated rings. The second-order valence-electron chi connectivity index (χ2n) is 6.73. The van der Waals surface area contributed by atoms with Crippen LogP contribution in [0.15, 0.2) is 48.8 Å². The van der Waals surface area contributed by atoms with E-state index in [-0.39, 0.29) is 42.7 Å². The van der Waals surface area contributed by atoms with Crippen molar-refractivity contribution in [1.82, 2.24) is 20.2 Å². The molecule has 1 unspecified atom stereocenters. The molecule has 1 saturated heterocycles. The van der Waals surface area contributed by atoms with Crippen LogP contribution in [-0.2, 0) is 0 Å². The van der Waals surface area contributed by atoms with Crippen LogP contribution < -0.4 is 10.6 Å². The molecular formula is C20H23Cl2N5O2. The highest BCUT2D eigenvalue weighted by Gasteiger charge is 2.24. The maximum Gasteiger partial charge on any atom is 0.255 e. The summed E-state index contributed by atoms with van der Waals surface area (Å²) in [5.74, 6) is -0.275. The Labute approximate surface area is 181 Å². The molecule has 1 aliphatic rings. The number of aromatic amines is 1. The molecule has 0 spiro atoms. The van der Waals surface area contributed by atoms with E-state index in [1.54, 1.807) is 53.7 Å². The Bertz CT molecular complexity index is 1000. The van der Waals surface area contributed by atoms with Gasteiger partial charge in [-0.1, -0.05) is 6.07 Å². The molecule has 0 saturated carbocycles. The van der Waals surface area contributed by atoms with Gasteiger partial charge in [-0.3, -0.25) is 9.59 Å². The summed E-state index contributed by atoms with van der Waals surface area (Å²) >= 11 is 0. The van der Waals surface area contributed by atoms with Crippen molar-refractivity contribution in [2.75, 3.05) is 25.5 Å². The first-order chi connectivity index (χ1) is 13.1. The number of carbonyl (C=O) groups excluding carboxylic acids is 2. The van der Waals surface area contributed by atoms with Crippen molar-refractivity contribution in [2.24, 2.45) is 0 Å². The number of hydrogen-bond acceptors (Lipinski definition) is 4. The monoisotopic (exact) mass is 435 g/mol. The zero-order chi connectivity index (χ0) is 18.8. The van der Waals surface area contributed by atoms with Gasteiger partial charge >= 0.3 is 0 Å². The van der Waals surface area contributed by atoms with E-state index in [2.05, 4.69) is 20.6 Å². The number of carbonyl (C=O) groups is 2. The van der Waals surface area contributed by atoms with Gasteiger partial charge in [-0.2, -0.15) is 0 Å². The molecule has 29 heavy (non-hydrogen) atoms. The molecule has 2 heterocycles. The second-order valence-corrected chi connectivity index (χ2v) is 6.73. The van der Waals surface area contributed by atoms with Gasteiger partial charge in [-0.05, 0) is 49.4 Å². The lowest BCUT2D eigenvalue weighted by atomic mass is 10.1. The molecule has 0 radical (unpaired) electrons. The smallest absolute Gasteiger partial charge is 0.255 e. The highest BCUT2D eigenvalue weighted by molar-refractivity contribution is 6.06. The van der Waals surface area contributed by atoms with Crippen LogP contribution >= 0.6 is 24.8 Å². The first kappa shape index (κ1) is 22.7. The SMILES string of the molecule is CN(C(=O)c1cccc(NC(=O)c2ccc3nc[nH]c3c2)c1)C1CCNC1.Cl.Cl. The highest BCUT2D eigenvalue weighted by atomic mass is 35.5. The Morgan fingerprint density at radius 1 is 1.14 bits per heavy atom. The predicted molar refractivity (Wildman–Crippen MR) is 118 cm³/mol. The standard InChI is InChI=1S/C20H21N5O2.2ClH/c1-25(16-7-8-21-11-16)20(27)14-3-2-4-15(9-14)24-19(26)13-5-6-17-18(10-13)23-12-22-17;;/h2-6,9-10,12,16,21H,7-8,11H2,1H3,(H,22,23)(H,24,26);2*1H. The van der Waals surface area contributed by atoms with Crippen molar-refractivity contribution >= 4 is 53.3 Å². The van der Waals surface area contributed by atoms with E-state index in [0.717, 1.165) is 30.5 Å². The quantitative estimate of drug-likeness (QED) is 0.587. The zero-order valence-corrected chi connectivity index (χ0v) is 17.5. The van der Waals surface area contributed by atoms with Crippen LogP contribution in [0.1, 0.15) is 27.1 Å². The number of aromatic nitrogens is 2. The minimum atomic E-state index is -0.232. The molecule has 2 amide bonds. The van der Waals surface area contributed by atoms with Crippen LogP contribution in [0, 0.1) is 0 Å². The van der Waals surface area contributed by atoms with Gasteiger partial charge in [0.05, 0.1) is 17.4 Å². The average molecular weight is 436 g/mol. The number of rotatable bonds is 4. The highest BCUT2D eigenvalue weighted by Crippen LogP contribution is 2.17. The van der Waals surface area contributed by atoms with E-state index in [1.807, 2.05) is 7.05 Å². The number of halogens is 2. The predicted octanol–water partition coefficient (Wildman–Crippen LogP) is 3.09. The molecule has 0 aliphatic carbocycles. The Hall–Kier alpha value is -2.61. The summed E-state index contributed by atoms with van der Waals surface area (Å²) in [5.41, 5.74) is 3.29. The van der Waals surface area contributed by atoms with Crippen molar-refractivity contribution in [3.05, 3.63) is 59.9 Å². The van der Waals surface area contributed by atoms with E-state index in [0.29, 0.717) is 16.8 Å². The van der Waals surface area contributed by atoms with Gasteiger partial charge < -0.3 is 20.5 Å². The van der Waals surface area contributed by atoms with Crippen LogP contribution in [0.3, 0.4) is 0 Å². The summed E-state index contributed by atoms with van der Waals surface area (Å²) in [6.07, 6.45) is 2.55. The maximum atomic E-state index is 12.7. The molecule has 0 bridgehead atoms. The van der Waals surface area contributed by atoms with Crippen LogP contribution in [0.5, 0.6) is 0 Å². The molecule has 1 aromatic heterocycles. The summed E-state index contributed by atoms with van der Waals surface area (Å²) in [4.78, 5) is 34.2. The van der Waals surface area contributed by atoms with Gasteiger partial charge in [0.15, 0.2) is 0 Å². The van der Waals surface area contributed by atoms with Crippen molar-refractivity contribution < 1.29 is 9.59 Å². The Morgan fingerprint density at radius 2 is 1.97 bits per heavy atom. The number of anilines is 1. The number of hydrogen-bond donors (Lipinski definition) is 3. The van der Waals surface area contributed by atoms with Gasteiger partial charge in [-0.15, -0.1) is 24.8 Å². The lowest BCUT2D eigenvalue weighted by Crippen LogP contribution is -2.38. The first-order valence-electron chi connectivity index (χ1n) is 8.94. The number of nitrogens with one attached hydrogen (secondary N) is 3. The topological polar surface area (TPSA) is 90.1 Å². The van der Waals surface area contributed by atoms with E-state index in [9.17, 15) is 9.59 Å². The largest absolute Gasteiger partial charge is 0.345 e. The van der Waals surface area contributed by atoms with Gasteiger partial charge in [0.25, 0.3) is 11.8 Å². The summed E-state index contributed by atoms with van der Waals surface area (Å²) in [6.45, 7) is 1.74. The molecule has 1 aliphatic heterocycles. The van der Waals surface area contributed by atoms with Crippen molar-refractivity contribution in [3.63, 3.8) is 0 Å². The maximum absolute atomic E-state index is 12.7. The van der Waals surface area contributed by atoms with Gasteiger partial charge in [0.1, 0.15) is 0 Å². The van der Waals surface area contributed by atoms with Crippen molar-refractivity contribution in [2.45, 2.75) is 12.5 Å². The molecule has 1 atom stereocenters. The number of imidazole rings is 1. The van der Waals surface area contributed by atoms with Gasteiger partial charge in [0.2, 0.25) is 0 Å². The molecule has 154 valence electrons. The normalized spacial score (nSPS) is 15.3. The minimum Gasteiger partial charge on any atom is -0.345 e. The lowest BCUT2D eigenvalue weighted by Gasteiger charge is -2.24. The van der Waals surface area contributed by atoms with Crippen LogP contribution in [0.2, 0.25) is 0 Å². The van der Waals surface area contributed by atoms with Crippen molar-refractivity contribution in [1.29, 1.82) is 0 Å². The Kier molecular flexibility index (Phi) is 7.61. The molecule has 9 heteroatoms. The Balaban J connectivity index is 0.00000150. The number of benzene rings is 2. The summed E-state index contributed by atoms with van der Waals surface area (Å²) < 4.78 is 0. The molecule has 3 N–H and O–H groups in total. The number of nitrogens with zero attached hydrogens (tertiary/aromatic N) is 2. The van der Waals surface area contributed by atoms with E-state index in [1.165, 1.54) is 0 Å². The summed E-state index contributed by atoms with van der Waals surface area (Å²) in [6, 6.07) is 12.5. The summed E-state index contributed by atoms with van der Waals surface area (Å²) in [7, 11) is 1.82. The zero-order valence-electron chi connectivity index (χ0n) is 15.8. The minimum absolute atomic E-state index is 0. The number of H-pyrrole nitrogens is 1. The number of fused-ring (bicyclic) bond motifs is 1. The molecule has 2 aromatic carbocycles. The molecular weight excluding hydrogens is 413 g/mol. The van der Waals surface area contributed by atoms with Crippen molar-refractivity contribution in [3.8, 4) is 0 Å². The third-order valence-electron chi connectivity index (χ3n) is 4.95. The van der Waals surface area contributed by atoms with Gasteiger partial charge in [-0.25, -0.2) is 4.98 Å². The molecule has 7 nitrogen and oxygen atoms in total. The van der Waals surface area contributed by atoms with Crippen LogP contribution in [0.4, 0.5) is 5.69 Å². The van der Waals surface area contributed by atoms with Crippen LogP contribution in [0.25, 0.3) is 11.0 Å². The molecule has 3 aromatic rings. The fraction of sp³-hybridized carbons (Fsp3) is 0.250. The summed E-state index contributed by atoms with van der Waals surface area (Å²) in [5, 5.41) is 6.13. The lowest BCUT2D eigenvalue weighted by molar-refractivity contribution is 0.0743. The fourth-order valence-corrected chi connectivity index (χ4v) is 3.35. The fourth-order valence-electron chi connectivity index (χ4n) is 3.35. The third kappa shape index (κ3) is 4.87. The van der Waals surface area contributed by atoms with E-state index in [4.69, 9.17) is 0 Å². The number of likely N-dealkylation sites (N-methyl/N-ethyl adjacent to an activating group) is 1. The second kappa shape index (κ2) is 9.73. The van der Waals surface area contributed by atoms with E-state index < -0.39 is 0 Å². The van der Waals surface area contributed by atoms with E-state index >= 15 is 0 Å². The third-order valence-corrected chi connectivity index (χ3v) is 4.95. The average Bonchev–Trinajstić information content (AvgIpc) is 3.38. The first-order valence-corrected chi connectivity index (χ1v) is 8.94.